The van der Waals surface area contributed by atoms with Crippen molar-refractivity contribution in [2.45, 2.75) is 25.8 Å². The average Bonchev–Trinajstić information content (AvgIpc) is 3.32. The molecule has 1 aliphatic rings. The van der Waals surface area contributed by atoms with E-state index in [0.717, 1.165) is 25.2 Å². The highest BCUT2D eigenvalue weighted by Gasteiger charge is 2.25. The number of rotatable bonds is 5. The first kappa shape index (κ1) is 17.7. The molecule has 1 saturated heterocycles. The Balaban J connectivity index is 1.39. The van der Waals surface area contributed by atoms with Gasteiger partial charge in [0.2, 0.25) is 17.6 Å². The minimum absolute atomic E-state index is 0.118. The molecule has 3 heterocycles. The molecule has 0 saturated carbocycles. The molecule has 0 bridgehead atoms. The fourth-order valence-corrected chi connectivity index (χ4v) is 3.07. The molecule has 1 fully saturated rings. The van der Waals surface area contributed by atoms with E-state index in [1.165, 1.54) is 6.07 Å². The van der Waals surface area contributed by atoms with Crippen molar-refractivity contribution in [2.75, 3.05) is 26.7 Å². The molecule has 1 unspecified atom stereocenters. The van der Waals surface area contributed by atoms with E-state index in [1.807, 2.05) is 0 Å². The molecule has 3 aromatic rings. The van der Waals surface area contributed by atoms with Crippen LogP contribution in [-0.4, -0.2) is 51.9 Å². The van der Waals surface area contributed by atoms with E-state index in [-0.39, 0.29) is 11.9 Å². The Morgan fingerprint density at radius 1 is 1.19 bits per heavy atom. The first-order valence-corrected chi connectivity index (χ1v) is 8.92. The molecule has 0 amide bonds. The Labute approximate surface area is 155 Å². The summed E-state index contributed by atoms with van der Waals surface area (Å²) in [4.78, 5) is 11.1. The zero-order valence-electron chi connectivity index (χ0n) is 15.3. The van der Waals surface area contributed by atoms with E-state index in [0.29, 0.717) is 41.8 Å². The summed E-state index contributed by atoms with van der Waals surface area (Å²) in [6, 6.07) is 4.85. The minimum atomic E-state index is -0.256. The van der Waals surface area contributed by atoms with E-state index in [4.69, 9.17) is 9.05 Å². The molecule has 0 radical (unpaired) electrons. The second-order valence-corrected chi connectivity index (χ2v) is 6.72. The van der Waals surface area contributed by atoms with Gasteiger partial charge in [0.15, 0.2) is 5.82 Å². The van der Waals surface area contributed by atoms with Crippen LogP contribution in [0.25, 0.3) is 11.4 Å². The van der Waals surface area contributed by atoms with Gasteiger partial charge in [-0.2, -0.15) is 9.97 Å². The lowest BCUT2D eigenvalue weighted by molar-refractivity contribution is 0.190. The molecule has 0 spiro atoms. The van der Waals surface area contributed by atoms with Gasteiger partial charge < -0.3 is 14.4 Å². The van der Waals surface area contributed by atoms with E-state index < -0.39 is 0 Å². The topological polar surface area (TPSA) is 93.1 Å². The van der Waals surface area contributed by atoms with Crippen molar-refractivity contribution in [3.05, 3.63) is 47.2 Å². The molecule has 9 heteroatoms. The van der Waals surface area contributed by atoms with Crippen molar-refractivity contribution in [3.63, 3.8) is 0 Å². The summed E-state index contributed by atoms with van der Waals surface area (Å²) in [5, 5.41) is 11.4. The third-order valence-corrected chi connectivity index (χ3v) is 4.73. The molecule has 2 aromatic heterocycles. The Morgan fingerprint density at radius 2 is 1.96 bits per heavy atom. The number of halogens is 1. The van der Waals surface area contributed by atoms with Gasteiger partial charge in [0.05, 0.1) is 6.04 Å². The predicted octanol–water partition coefficient (Wildman–Crippen LogP) is 1.93. The van der Waals surface area contributed by atoms with E-state index in [2.05, 4.69) is 37.5 Å². The van der Waals surface area contributed by atoms with Crippen molar-refractivity contribution in [2.24, 2.45) is 0 Å². The SMILES string of the molecule is Cc1cc(-c2noc(CCc3nc(C4CNCCN4C)no3)n2)ccc1F. The van der Waals surface area contributed by atoms with Gasteiger partial charge in [-0.05, 0) is 37.7 Å². The summed E-state index contributed by atoms with van der Waals surface area (Å²) in [5.41, 5.74) is 1.26. The van der Waals surface area contributed by atoms with E-state index in [9.17, 15) is 4.39 Å². The van der Waals surface area contributed by atoms with Crippen molar-refractivity contribution in [1.82, 2.24) is 30.5 Å². The largest absolute Gasteiger partial charge is 0.339 e. The van der Waals surface area contributed by atoms with Crippen LogP contribution < -0.4 is 5.32 Å². The Bertz CT molecular complexity index is 924. The standard InChI is InChI=1S/C18H21FN6O2/c1-11-9-12(3-4-13(11)19)17-21-15(26-23-17)5-6-16-22-18(24-27-16)14-10-20-7-8-25(14)2/h3-4,9,14,20H,5-8,10H2,1-2H3. The quantitative estimate of drug-likeness (QED) is 0.726. The van der Waals surface area contributed by atoms with Gasteiger partial charge in [-0.25, -0.2) is 4.39 Å². The number of aromatic nitrogens is 4. The summed E-state index contributed by atoms with van der Waals surface area (Å²) in [6.45, 7) is 4.42. The molecule has 8 nitrogen and oxygen atoms in total. The van der Waals surface area contributed by atoms with Gasteiger partial charge in [0.25, 0.3) is 0 Å². The maximum Gasteiger partial charge on any atom is 0.227 e. The lowest BCUT2D eigenvalue weighted by Crippen LogP contribution is -2.44. The second kappa shape index (κ2) is 7.53. The van der Waals surface area contributed by atoms with Gasteiger partial charge >= 0.3 is 0 Å². The molecule has 27 heavy (non-hydrogen) atoms. The second-order valence-electron chi connectivity index (χ2n) is 6.72. The number of nitrogens with zero attached hydrogens (tertiary/aromatic N) is 5. The van der Waals surface area contributed by atoms with Crippen LogP contribution in [0.2, 0.25) is 0 Å². The van der Waals surface area contributed by atoms with E-state index >= 15 is 0 Å². The number of aryl methyl sites for hydroxylation is 3. The van der Waals surface area contributed by atoms with Gasteiger partial charge in [-0.3, -0.25) is 4.90 Å². The van der Waals surface area contributed by atoms with Gasteiger partial charge in [0, 0.05) is 38.0 Å². The van der Waals surface area contributed by atoms with Crippen LogP contribution in [0.15, 0.2) is 27.2 Å². The molecule has 1 aliphatic heterocycles. The van der Waals surface area contributed by atoms with Gasteiger partial charge in [-0.15, -0.1) is 0 Å². The van der Waals surface area contributed by atoms with E-state index in [1.54, 1.807) is 19.1 Å². The summed E-state index contributed by atoms with van der Waals surface area (Å²) < 4.78 is 24.0. The summed E-state index contributed by atoms with van der Waals surface area (Å²) >= 11 is 0. The molecular formula is C18H21FN6O2. The van der Waals surface area contributed by atoms with Crippen LogP contribution in [-0.2, 0) is 12.8 Å². The van der Waals surface area contributed by atoms with Crippen molar-refractivity contribution in [3.8, 4) is 11.4 Å². The summed E-state index contributed by atoms with van der Waals surface area (Å²) in [6.07, 6.45) is 1.01. The number of piperazine rings is 1. The Kier molecular flexibility index (Phi) is 4.95. The maximum atomic E-state index is 13.4. The van der Waals surface area contributed by atoms with Gasteiger partial charge in [0.1, 0.15) is 5.82 Å². The monoisotopic (exact) mass is 372 g/mol. The number of hydrogen-bond acceptors (Lipinski definition) is 8. The van der Waals surface area contributed by atoms with Crippen molar-refractivity contribution in [1.29, 1.82) is 0 Å². The first-order chi connectivity index (χ1) is 13.1. The lowest BCUT2D eigenvalue weighted by Gasteiger charge is -2.30. The third-order valence-electron chi connectivity index (χ3n) is 4.73. The lowest BCUT2D eigenvalue weighted by atomic mass is 10.1. The predicted molar refractivity (Wildman–Crippen MR) is 94.4 cm³/mol. The van der Waals surface area contributed by atoms with Crippen LogP contribution in [0, 0.1) is 12.7 Å². The highest BCUT2D eigenvalue weighted by Crippen LogP contribution is 2.20. The zero-order valence-corrected chi connectivity index (χ0v) is 15.3. The van der Waals surface area contributed by atoms with Crippen molar-refractivity contribution < 1.29 is 13.4 Å². The fourth-order valence-electron chi connectivity index (χ4n) is 3.07. The van der Waals surface area contributed by atoms with Crippen LogP contribution in [0.1, 0.15) is 29.2 Å². The Morgan fingerprint density at radius 3 is 2.74 bits per heavy atom. The molecule has 1 atom stereocenters. The number of hydrogen-bond donors (Lipinski definition) is 1. The number of benzene rings is 1. The first-order valence-electron chi connectivity index (χ1n) is 8.92. The Hall–Kier alpha value is -2.65. The van der Waals surface area contributed by atoms with Crippen molar-refractivity contribution >= 4 is 0 Å². The van der Waals surface area contributed by atoms with Crippen LogP contribution in [0.3, 0.4) is 0 Å². The molecule has 4 rings (SSSR count). The minimum Gasteiger partial charge on any atom is -0.339 e. The summed E-state index contributed by atoms with van der Waals surface area (Å²) in [5.74, 6) is 1.89. The molecule has 142 valence electrons. The van der Waals surface area contributed by atoms with Crippen LogP contribution >= 0.6 is 0 Å². The maximum absolute atomic E-state index is 13.4. The highest BCUT2D eigenvalue weighted by molar-refractivity contribution is 5.55. The molecular weight excluding hydrogens is 351 g/mol. The smallest absolute Gasteiger partial charge is 0.227 e. The fraction of sp³-hybridized carbons (Fsp3) is 0.444. The number of likely N-dealkylation sites (N-methyl/N-ethyl adjacent to an activating group) is 1. The molecule has 1 aromatic carbocycles. The summed E-state index contributed by atoms with van der Waals surface area (Å²) in [7, 11) is 2.05. The molecule has 0 aliphatic carbocycles. The number of nitrogens with one attached hydrogen (secondary N) is 1. The third kappa shape index (κ3) is 3.88. The van der Waals surface area contributed by atoms with Crippen LogP contribution in [0.5, 0.6) is 0 Å². The normalized spacial score (nSPS) is 18.1. The molecule has 1 N–H and O–H groups in total. The van der Waals surface area contributed by atoms with Gasteiger partial charge in [-0.1, -0.05) is 10.3 Å². The zero-order chi connectivity index (χ0) is 18.8. The van der Waals surface area contributed by atoms with Crippen LogP contribution in [0.4, 0.5) is 4.39 Å². The highest BCUT2D eigenvalue weighted by atomic mass is 19.1. The average molecular weight is 372 g/mol.